The van der Waals surface area contributed by atoms with E-state index < -0.39 is 0 Å². The Balaban J connectivity index is 1.91. The molecule has 1 aliphatic rings. The lowest BCUT2D eigenvalue weighted by Crippen LogP contribution is -2.41. The van der Waals surface area contributed by atoms with Gasteiger partial charge in [0.15, 0.2) is 0 Å². The first kappa shape index (κ1) is 11.1. The molecule has 16 heavy (non-hydrogen) atoms. The molecule has 1 unspecified atom stereocenters. The normalized spacial score (nSPS) is 24.6. The predicted octanol–water partition coefficient (Wildman–Crippen LogP) is 0.416. The third kappa shape index (κ3) is 2.09. The molecule has 1 aromatic heterocycles. The molecule has 5 heteroatoms. The number of aromatic amines is 1. The number of nitrogens with one attached hydrogen (secondary N) is 3. The third-order valence-electron chi connectivity index (χ3n) is 3.41. The Bertz CT molecular complexity index is 341. The Morgan fingerprint density at radius 1 is 1.69 bits per heavy atom. The fourth-order valence-electron chi connectivity index (χ4n) is 2.14. The van der Waals surface area contributed by atoms with Crippen LogP contribution in [0.25, 0.3) is 0 Å². The minimum Gasteiger partial charge on any atom is -0.351 e. The molecule has 0 saturated carbocycles. The maximum atomic E-state index is 12.1. The first-order valence-electron chi connectivity index (χ1n) is 5.73. The van der Waals surface area contributed by atoms with E-state index in [9.17, 15) is 4.79 Å². The highest BCUT2D eigenvalue weighted by Gasteiger charge is 2.39. The minimum atomic E-state index is -0.205. The molecule has 2 heterocycles. The molecule has 1 aliphatic heterocycles. The predicted molar refractivity (Wildman–Crippen MR) is 60.6 cm³/mol. The molecule has 1 saturated heterocycles. The van der Waals surface area contributed by atoms with Crippen LogP contribution in [0.1, 0.15) is 25.3 Å². The number of aromatic nitrogens is 2. The molecule has 3 N–H and O–H groups in total. The molecule has 88 valence electrons. The van der Waals surface area contributed by atoms with Gasteiger partial charge in [-0.05, 0) is 19.4 Å². The number of nitrogens with zero attached hydrogens (tertiary/aromatic N) is 1. The molecule has 1 aromatic rings. The van der Waals surface area contributed by atoms with Gasteiger partial charge in [-0.1, -0.05) is 6.92 Å². The van der Waals surface area contributed by atoms with Crippen LogP contribution in [0.2, 0.25) is 0 Å². The lowest BCUT2D eigenvalue weighted by molar-refractivity contribution is -0.130. The fourth-order valence-corrected chi connectivity index (χ4v) is 2.14. The maximum Gasteiger partial charge on any atom is 0.227 e. The minimum absolute atomic E-state index is 0.154. The zero-order chi connectivity index (χ0) is 11.4. The molecule has 2 rings (SSSR count). The lowest BCUT2D eigenvalue weighted by Gasteiger charge is -2.25. The summed E-state index contributed by atoms with van der Waals surface area (Å²) in [5.41, 5.74) is 0.801. The van der Waals surface area contributed by atoms with Crippen LogP contribution in [0.4, 0.5) is 0 Å². The molecule has 1 atom stereocenters. The Morgan fingerprint density at radius 2 is 2.56 bits per heavy atom. The van der Waals surface area contributed by atoms with E-state index in [2.05, 4.69) is 27.8 Å². The van der Waals surface area contributed by atoms with Gasteiger partial charge >= 0.3 is 0 Å². The number of amides is 1. The van der Waals surface area contributed by atoms with Gasteiger partial charge in [0.05, 0.1) is 11.6 Å². The van der Waals surface area contributed by atoms with Crippen molar-refractivity contribution in [1.29, 1.82) is 0 Å². The SMILES string of the molecule is CCC1(C(=O)NCc2cn[nH]c2)CCNC1. The molecule has 0 bridgehead atoms. The van der Waals surface area contributed by atoms with Crippen LogP contribution in [-0.4, -0.2) is 29.2 Å². The monoisotopic (exact) mass is 222 g/mol. The molecule has 0 aromatic carbocycles. The first-order valence-corrected chi connectivity index (χ1v) is 5.73. The van der Waals surface area contributed by atoms with Crippen molar-refractivity contribution >= 4 is 5.91 Å². The highest BCUT2D eigenvalue weighted by Crippen LogP contribution is 2.29. The smallest absolute Gasteiger partial charge is 0.227 e. The van der Waals surface area contributed by atoms with Crippen molar-refractivity contribution in [2.24, 2.45) is 5.41 Å². The second kappa shape index (κ2) is 4.65. The van der Waals surface area contributed by atoms with E-state index in [0.717, 1.165) is 31.5 Å². The maximum absolute atomic E-state index is 12.1. The Morgan fingerprint density at radius 3 is 3.12 bits per heavy atom. The van der Waals surface area contributed by atoms with Crippen molar-refractivity contribution in [3.05, 3.63) is 18.0 Å². The van der Waals surface area contributed by atoms with Gasteiger partial charge in [-0.25, -0.2) is 0 Å². The van der Waals surface area contributed by atoms with E-state index in [4.69, 9.17) is 0 Å². The molecule has 0 aliphatic carbocycles. The van der Waals surface area contributed by atoms with Gasteiger partial charge in [-0.15, -0.1) is 0 Å². The quantitative estimate of drug-likeness (QED) is 0.691. The average molecular weight is 222 g/mol. The van der Waals surface area contributed by atoms with E-state index in [1.54, 1.807) is 12.4 Å². The van der Waals surface area contributed by atoms with Crippen molar-refractivity contribution < 1.29 is 4.79 Å². The fraction of sp³-hybridized carbons (Fsp3) is 0.636. The van der Waals surface area contributed by atoms with Crippen LogP contribution in [0.15, 0.2) is 12.4 Å². The number of rotatable bonds is 4. The topological polar surface area (TPSA) is 69.8 Å². The van der Waals surface area contributed by atoms with Gasteiger partial charge in [0.2, 0.25) is 5.91 Å². The lowest BCUT2D eigenvalue weighted by atomic mass is 9.83. The zero-order valence-electron chi connectivity index (χ0n) is 9.55. The van der Waals surface area contributed by atoms with E-state index in [1.807, 2.05) is 0 Å². The molecule has 1 amide bonds. The van der Waals surface area contributed by atoms with Crippen molar-refractivity contribution in [1.82, 2.24) is 20.8 Å². The second-order valence-electron chi connectivity index (χ2n) is 4.35. The van der Waals surface area contributed by atoms with E-state index in [1.165, 1.54) is 0 Å². The summed E-state index contributed by atoms with van der Waals surface area (Å²) in [6, 6.07) is 0. The number of H-pyrrole nitrogens is 1. The van der Waals surface area contributed by atoms with Crippen molar-refractivity contribution in [3.63, 3.8) is 0 Å². The number of carbonyl (C=O) groups is 1. The summed E-state index contributed by atoms with van der Waals surface area (Å²) in [4.78, 5) is 12.1. The molecular formula is C11H18N4O. The number of hydrogen-bond acceptors (Lipinski definition) is 3. The molecule has 0 spiro atoms. The van der Waals surface area contributed by atoms with Gasteiger partial charge < -0.3 is 10.6 Å². The van der Waals surface area contributed by atoms with Gasteiger partial charge in [0, 0.05) is 24.8 Å². The molecule has 5 nitrogen and oxygen atoms in total. The highest BCUT2D eigenvalue weighted by molar-refractivity contribution is 5.83. The van der Waals surface area contributed by atoms with Crippen LogP contribution in [0, 0.1) is 5.41 Å². The van der Waals surface area contributed by atoms with Crippen LogP contribution in [0.5, 0.6) is 0 Å². The zero-order valence-corrected chi connectivity index (χ0v) is 9.55. The summed E-state index contributed by atoms with van der Waals surface area (Å²) in [7, 11) is 0. The molecular weight excluding hydrogens is 204 g/mol. The van der Waals surface area contributed by atoms with Crippen molar-refractivity contribution in [2.45, 2.75) is 26.3 Å². The highest BCUT2D eigenvalue weighted by atomic mass is 16.2. The summed E-state index contributed by atoms with van der Waals surface area (Å²) in [5, 5.41) is 12.8. The van der Waals surface area contributed by atoms with Crippen LogP contribution in [-0.2, 0) is 11.3 Å². The van der Waals surface area contributed by atoms with Gasteiger partial charge in [0.1, 0.15) is 0 Å². The molecule has 1 fully saturated rings. The first-order chi connectivity index (χ1) is 7.77. The largest absolute Gasteiger partial charge is 0.351 e. The van der Waals surface area contributed by atoms with E-state index in [-0.39, 0.29) is 11.3 Å². The van der Waals surface area contributed by atoms with E-state index >= 15 is 0 Å². The Kier molecular flexibility index (Phi) is 3.24. The summed E-state index contributed by atoms with van der Waals surface area (Å²) in [5.74, 6) is 0.154. The summed E-state index contributed by atoms with van der Waals surface area (Å²) in [6.45, 7) is 4.36. The van der Waals surface area contributed by atoms with Gasteiger partial charge in [0.25, 0.3) is 0 Å². The van der Waals surface area contributed by atoms with Gasteiger partial charge in [-0.2, -0.15) is 5.10 Å². The van der Waals surface area contributed by atoms with Crippen molar-refractivity contribution in [3.8, 4) is 0 Å². The second-order valence-corrected chi connectivity index (χ2v) is 4.35. The summed E-state index contributed by atoms with van der Waals surface area (Å²) in [6.07, 6.45) is 5.34. The standard InChI is InChI=1S/C11H18N4O/c1-2-11(3-4-12-8-11)10(16)13-5-9-6-14-15-7-9/h6-7,12H,2-5,8H2,1H3,(H,13,16)(H,14,15). The molecule has 0 radical (unpaired) electrons. The van der Waals surface area contributed by atoms with Crippen LogP contribution in [0.3, 0.4) is 0 Å². The average Bonchev–Trinajstić information content (AvgIpc) is 2.97. The van der Waals surface area contributed by atoms with Crippen LogP contribution >= 0.6 is 0 Å². The Labute approximate surface area is 95.0 Å². The number of hydrogen-bond donors (Lipinski definition) is 3. The van der Waals surface area contributed by atoms with E-state index in [0.29, 0.717) is 6.54 Å². The van der Waals surface area contributed by atoms with Crippen LogP contribution < -0.4 is 10.6 Å². The van der Waals surface area contributed by atoms with Gasteiger partial charge in [-0.3, -0.25) is 9.89 Å². The Hall–Kier alpha value is -1.36. The summed E-state index contributed by atoms with van der Waals surface area (Å²) >= 11 is 0. The third-order valence-corrected chi connectivity index (χ3v) is 3.41. The summed E-state index contributed by atoms with van der Waals surface area (Å²) < 4.78 is 0. The number of carbonyl (C=O) groups excluding carboxylic acids is 1. The van der Waals surface area contributed by atoms with Crippen molar-refractivity contribution in [2.75, 3.05) is 13.1 Å².